The molecule has 4 unspecified atom stereocenters. The van der Waals surface area contributed by atoms with Crippen LogP contribution in [0.3, 0.4) is 0 Å². The van der Waals surface area contributed by atoms with Gasteiger partial charge in [-0.15, -0.1) is 23.2 Å². The minimum Gasteiger partial charge on any atom is -0.491 e. The Kier molecular flexibility index (Phi) is 17.5. The quantitative estimate of drug-likeness (QED) is 0.0375. The van der Waals surface area contributed by atoms with E-state index < -0.39 is 47.3 Å². The van der Waals surface area contributed by atoms with Crippen LogP contribution in [0.15, 0.2) is 118 Å². The fourth-order valence-corrected chi connectivity index (χ4v) is 6.75. The summed E-state index contributed by atoms with van der Waals surface area (Å²) < 4.78 is 11.1. The van der Waals surface area contributed by atoms with Gasteiger partial charge >= 0.3 is 0 Å². The number of halogens is 4. The summed E-state index contributed by atoms with van der Waals surface area (Å²) in [5.41, 5.74) is 2.96. The molecule has 0 heterocycles. The van der Waals surface area contributed by atoms with Gasteiger partial charge in [-0.3, -0.25) is 28.8 Å². The first-order valence-electron chi connectivity index (χ1n) is 19.8. The fraction of sp³-hybridized carbons (Fsp3) is 0.217. The molecule has 0 radical (unpaired) electrons. The van der Waals surface area contributed by atoms with E-state index in [0.717, 1.165) is 25.0 Å². The lowest BCUT2D eigenvalue weighted by Crippen LogP contribution is -2.32. The van der Waals surface area contributed by atoms with Gasteiger partial charge in [0.2, 0.25) is 12.1 Å². The third kappa shape index (κ3) is 13.0. The second kappa shape index (κ2) is 22.9. The highest BCUT2D eigenvalue weighted by Crippen LogP contribution is 2.42. The van der Waals surface area contributed by atoms with Crippen molar-refractivity contribution >= 4 is 116 Å². The van der Waals surface area contributed by atoms with Crippen molar-refractivity contribution in [1.29, 1.82) is 0 Å². The lowest BCUT2D eigenvalue weighted by molar-refractivity contribution is -0.127. The molecule has 0 spiro atoms. The Morgan fingerprint density at radius 1 is 0.530 bits per heavy atom. The Bertz CT molecular complexity index is 2560. The number of carbonyl (C=O) groups is 6. The van der Waals surface area contributed by atoms with E-state index in [0.29, 0.717) is 11.4 Å². The van der Waals surface area contributed by atoms with Crippen LogP contribution in [0.4, 0.5) is 34.1 Å². The first-order valence-corrected chi connectivity index (χ1v) is 21.4. The molecular weight excluding hydrogens is 934 g/mol. The minimum absolute atomic E-state index is 0.0172. The Morgan fingerprint density at radius 3 is 1.24 bits per heavy atom. The number of azo groups is 2. The number of rotatable bonds is 18. The summed E-state index contributed by atoms with van der Waals surface area (Å²) in [6, 6.07) is 21.8. The van der Waals surface area contributed by atoms with E-state index in [9.17, 15) is 28.8 Å². The number of nitrogens with one attached hydrogen (secondary N) is 4. The third-order valence-electron chi connectivity index (χ3n) is 9.48. The summed E-state index contributed by atoms with van der Waals surface area (Å²) in [4.78, 5) is 78.8. The number of Topliss-reactive ketones (excluding diaryl/α,β-unsaturated/α-hetero) is 2. The van der Waals surface area contributed by atoms with Crippen molar-refractivity contribution in [2.75, 3.05) is 35.5 Å². The van der Waals surface area contributed by atoms with Gasteiger partial charge in [0.15, 0.2) is 23.1 Å². The van der Waals surface area contributed by atoms with Crippen molar-refractivity contribution in [3.8, 4) is 11.5 Å². The van der Waals surface area contributed by atoms with E-state index in [1.165, 1.54) is 62.8 Å². The predicted octanol–water partition coefficient (Wildman–Crippen LogP) is 11.5. The molecule has 4 N–H and O–H groups in total. The first-order chi connectivity index (χ1) is 31.4. The van der Waals surface area contributed by atoms with E-state index in [4.69, 9.17) is 55.9 Å². The van der Waals surface area contributed by atoms with Crippen molar-refractivity contribution in [3.05, 3.63) is 129 Å². The number of carbonyl (C=O) groups excluding carboxylic acids is 6. The maximum Gasteiger partial charge on any atom is 0.258 e. The zero-order valence-electron chi connectivity index (χ0n) is 36.1. The third-order valence-corrected chi connectivity index (χ3v) is 10.6. The Balaban J connectivity index is 1.30. The number of ketones is 2. The molecule has 20 heteroatoms. The van der Waals surface area contributed by atoms with Gasteiger partial charge in [0.1, 0.15) is 0 Å². The van der Waals surface area contributed by atoms with Crippen LogP contribution < -0.4 is 30.7 Å². The van der Waals surface area contributed by atoms with Gasteiger partial charge in [-0.05, 0) is 112 Å². The average molecular weight is 977 g/mol. The second-order valence-corrected chi connectivity index (χ2v) is 16.5. The number of methoxy groups -OCH3 is 2. The highest BCUT2D eigenvalue weighted by atomic mass is 35.5. The molecule has 0 fully saturated rings. The van der Waals surface area contributed by atoms with Crippen LogP contribution in [0.2, 0.25) is 10.0 Å². The van der Waals surface area contributed by atoms with Gasteiger partial charge in [-0.2, -0.15) is 20.5 Å². The van der Waals surface area contributed by atoms with Crippen LogP contribution in [0.5, 0.6) is 11.5 Å². The molecule has 5 aromatic carbocycles. The lowest BCUT2D eigenvalue weighted by Gasteiger charge is -2.19. The Labute approximate surface area is 399 Å². The molecule has 342 valence electrons. The molecule has 0 saturated carbocycles. The summed E-state index contributed by atoms with van der Waals surface area (Å²) in [6.45, 7) is 5.89. The molecule has 16 nitrogen and oxygen atoms in total. The van der Waals surface area contributed by atoms with Crippen LogP contribution in [0.1, 0.15) is 70.3 Å². The maximum atomic E-state index is 13.5. The van der Waals surface area contributed by atoms with E-state index in [1.54, 1.807) is 50.2 Å². The van der Waals surface area contributed by atoms with Crippen molar-refractivity contribution in [2.24, 2.45) is 20.5 Å². The monoisotopic (exact) mass is 974 g/mol. The van der Waals surface area contributed by atoms with E-state index >= 15 is 0 Å². The number of benzene rings is 5. The number of anilines is 4. The molecule has 5 aromatic rings. The molecule has 0 aromatic heterocycles. The van der Waals surface area contributed by atoms with Crippen molar-refractivity contribution in [1.82, 2.24) is 0 Å². The molecule has 0 aliphatic carbocycles. The number of nitrogens with zero attached hydrogens (tertiary/aromatic N) is 4. The van der Waals surface area contributed by atoms with Crippen molar-refractivity contribution in [3.63, 3.8) is 0 Å². The van der Waals surface area contributed by atoms with Crippen LogP contribution in [-0.2, 0) is 19.2 Å². The number of amides is 4. The fourth-order valence-electron chi connectivity index (χ4n) is 6.08. The summed E-state index contributed by atoms with van der Waals surface area (Å²) in [5.74, 6) is -4.38. The first kappa shape index (κ1) is 50.3. The molecule has 5 rings (SSSR count). The van der Waals surface area contributed by atoms with Gasteiger partial charge < -0.3 is 30.7 Å². The SMILES string of the molecule is COc1c(NC(=O)C(N=Nc2ccc(Cl)c(C(=O)Nc3cccc(C(C)Cl)c3)c2)C(C)=O)ccc(NC(=O)C(N=Nc2ccc(Cl)c(C(=O)Nc3cccc(C(C)Cl)c3)c2)C(C)=O)c1OC. The van der Waals surface area contributed by atoms with Gasteiger partial charge in [0, 0.05) is 11.4 Å². The van der Waals surface area contributed by atoms with Crippen LogP contribution >= 0.6 is 46.4 Å². The number of hydrogen-bond acceptors (Lipinski definition) is 12. The lowest BCUT2D eigenvalue weighted by atomic mass is 10.1. The predicted molar refractivity (Wildman–Crippen MR) is 255 cm³/mol. The van der Waals surface area contributed by atoms with Crippen LogP contribution in [0.25, 0.3) is 0 Å². The summed E-state index contributed by atoms with van der Waals surface area (Å²) in [5, 5.41) is 26.4. The standard InChI is InChI=1S/C46H42Cl4N8O8/c1-23(47)27-9-7-11-29(19-27)51-43(61)33-21-31(13-15-35(33)49)55-57-39(25(3)59)45(63)53-37-17-18-38(42(66-6)41(37)65-5)54-46(64)40(26(4)60)58-56-32-14-16-36(50)34(22-32)44(62)52-30-12-8-10-28(20-30)24(2)48/h7-24,39-40H,1-6H3,(H,51,61)(H,52,62)(H,53,63)(H,54,64). The van der Waals surface area contributed by atoms with Gasteiger partial charge in [-0.1, -0.05) is 47.5 Å². The average Bonchev–Trinajstić information content (AvgIpc) is 3.27. The highest BCUT2D eigenvalue weighted by molar-refractivity contribution is 6.35. The molecule has 66 heavy (non-hydrogen) atoms. The molecular formula is C46H42Cl4N8O8. The molecule has 0 aliphatic heterocycles. The molecule has 4 atom stereocenters. The summed E-state index contributed by atoms with van der Waals surface area (Å²) in [7, 11) is 2.55. The minimum atomic E-state index is -1.65. The number of alkyl halides is 2. The normalized spacial score (nSPS) is 13.0. The Morgan fingerprint density at radius 2 is 0.909 bits per heavy atom. The summed E-state index contributed by atoms with van der Waals surface area (Å²) >= 11 is 25.1. The van der Waals surface area contributed by atoms with E-state index in [2.05, 4.69) is 41.7 Å². The zero-order valence-corrected chi connectivity index (χ0v) is 39.1. The molecule has 4 amide bonds. The Hall–Kier alpha value is -6.72. The highest BCUT2D eigenvalue weighted by Gasteiger charge is 2.28. The van der Waals surface area contributed by atoms with Gasteiger partial charge in [0.25, 0.3) is 23.6 Å². The smallest absolute Gasteiger partial charge is 0.258 e. The van der Waals surface area contributed by atoms with Gasteiger partial charge in [-0.25, -0.2) is 0 Å². The molecule has 0 bridgehead atoms. The van der Waals surface area contributed by atoms with Crippen LogP contribution in [0, 0.1) is 0 Å². The molecule has 0 saturated heterocycles. The van der Waals surface area contributed by atoms with Gasteiger partial charge in [0.05, 0.1) is 68.9 Å². The topological polar surface area (TPSA) is 218 Å². The number of hydrogen-bond donors (Lipinski definition) is 4. The number of ether oxygens (including phenoxy) is 2. The maximum absolute atomic E-state index is 13.5. The van der Waals surface area contributed by atoms with Crippen LogP contribution in [-0.4, -0.2) is 61.5 Å². The van der Waals surface area contributed by atoms with E-state index in [-0.39, 0.29) is 66.2 Å². The van der Waals surface area contributed by atoms with E-state index in [1.807, 2.05) is 12.1 Å². The van der Waals surface area contributed by atoms with Crippen molar-refractivity contribution < 1.29 is 38.2 Å². The van der Waals surface area contributed by atoms with Crippen molar-refractivity contribution in [2.45, 2.75) is 50.5 Å². The summed E-state index contributed by atoms with van der Waals surface area (Å²) in [6.07, 6.45) is 0. The second-order valence-electron chi connectivity index (χ2n) is 14.4. The molecule has 0 aliphatic rings. The largest absolute Gasteiger partial charge is 0.491 e. The zero-order chi connectivity index (χ0) is 48.2.